The van der Waals surface area contributed by atoms with E-state index < -0.39 is 15.8 Å². The number of benzene rings is 1. The number of hydrogen-bond donors (Lipinski definition) is 3. The molecule has 0 atom stereocenters. The molecule has 0 saturated carbocycles. The summed E-state index contributed by atoms with van der Waals surface area (Å²) < 4.78 is 38.9. The van der Waals surface area contributed by atoms with E-state index in [2.05, 4.69) is 20.0 Å². The van der Waals surface area contributed by atoms with E-state index in [1.165, 1.54) is 12.1 Å². The van der Waals surface area contributed by atoms with Gasteiger partial charge in [-0.15, -0.1) is 0 Å². The summed E-state index contributed by atoms with van der Waals surface area (Å²) >= 11 is 0. The lowest BCUT2D eigenvalue weighted by atomic mass is 10.1. The van der Waals surface area contributed by atoms with Gasteiger partial charge in [0.2, 0.25) is 15.9 Å². The van der Waals surface area contributed by atoms with Crippen molar-refractivity contribution in [3.63, 3.8) is 0 Å². The van der Waals surface area contributed by atoms with E-state index in [9.17, 15) is 17.6 Å². The third-order valence-corrected chi connectivity index (χ3v) is 4.43. The number of fused-ring (bicyclic) bond motifs is 1. The van der Waals surface area contributed by atoms with Crippen molar-refractivity contribution in [2.75, 3.05) is 11.6 Å². The zero-order chi connectivity index (χ0) is 18.7. The molecule has 0 unspecified atom stereocenters. The summed E-state index contributed by atoms with van der Waals surface area (Å²) in [4.78, 5) is 19.1. The van der Waals surface area contributed by atoms with Gasteiger partial charge in [0.05, 0.1) is 12.7 Å². The summed E-state index contributed by atoms with van der Waals surface area (Å²) in [6.45, 7) is 0.0327. The second-order valence-corrected chi connectivity index (χ2v) is 7.69. The van der Waals surface area contributed by atoms with Gasteiger partial charge in [-0.1, -0.05) is 0 Å². The molecule has 0 aliphatic heterocycles. The van der Waals surface area contributed by atoms with E-state index in [1.54, 1.807) is 30.7 Å². The molecule has 0 aliphatic rings. The van der Waals surface area contributed by atoms with E-state index >= 15 is 0 Å². The lowest BCUT2D eigenvalue weighted by molar-refractivity contribution is -0.115. The van der Waals surface area contributed by atoms with Gasteiger partial charge in [0, 0.05) is 41.7 Å². The first-order valence-corrected chi connectivity index (χ1v) is 9.64. The minimum atomic E-state index is -3.37. The Kier molecular flexibility index (Phi) is 5.01. The third-order valence-electron chi connectivity index (χ3n) is 3.76. The van der Waals surface area contributed by atoms with Crippen molar-refractivity contribution < 1.29 is 17.6 Å². The van der Waals surface area contributed by atoms with E-state index in [1.807, 2.05) is 0 Å². The van der Waals surface area contributed by atoms with Crippen LogP contribution < -0.4 is 10.0 Å². The van der Waals surface area contributed by atoms with Gasteiger partial charge in [0.15, 0.2) is 0 Å². The number of amides is 1. The first-order chi connectivity index (χ1) is 12.3. The zero-order valence-corrected chi connectivity index (χ0v) is 14.7. The first kappa shape index (κ1) is 18.0. The number of aromatic amines is 1. The van der Waals surface area contributed by atoms with Gasteiger partial charge in [-0.05, 0) is 35.4 Å². The molecule has 2 heterocycles. The fourth-order valence-electron chi connectivity index (χ4n) is 2.63. The highest BCUT2D eigenvalue weighted by atomic mass is 32.2. The number of sulfonamides is 1. The Morgan fingerprint density at radius 1 is 1.23 bits per heavy atom. The molecule has 1 amide bonds. The number of halogens is 1. The van der Waals surface area contributed by atoms with Crippen LogP contribution in [0.15, 0.2) is 42.9 Å². The van der Waals surface area contributed by atoms with Crippen molar-refractivity contribution in [3.05, 3.63) is 59.8 Å². The summed E-state index contributed by atoms with van der Waals surface area (Å²) in [6, 6.07) is 5.92. The highest BCUT2D eigenvalue weighted by Crippen LogP contribution is 2.24. The number of pyridine rings is 1. The Bertz CT molecular complexity index is 1050. The molecule has 0 spiro atoms. The van der Waals surface area contributed by atoms with Crippen molar-refractivity contribution in [1.29, 1.82) is 0 Å². The van der Waals surface area contributed by atoms with Crippen molar-refractivity contribution in [2.45, 2.75) is 13.0 Å². The molecule has 0 aliphatic carbocycles. The minimum Gasteiger partial charge on any atom is -0.361 e. The van der Waals surface area contributed by atoms with Crippen LogP contribution in [-0.4, -0.2) is 30.5 Å². The topological polar surface area (TPSA) is 104 Å². The van der Waals surface area contributed by atoms with E-state index in [4.69, 9.17) is 0 Å². The van der Waals surface area contributed by atoms with Crippen LogP contribution in [0, 0.1) is 5.82 Å². The summed E-state index contributed by atoms with van der Waals surface area (Å²) in [5.41, 5.74) is 2.28. The van der Waals surface area contributed by atoms with E-state index in [0.717, 1.165) is 6.26 Å². The monoisotopic (exact) mass is 376 g/mol. The largest absolute Gasteiger partial charge is 0.361 e. The summed E-state index contributed by atoms with van der Waals surface area (Å²) in [6.07, 6.45) is 5.74. The van der Waals surface area contributed by atoms with Crippen LogP contribution in [0.5, 0.6) is 0 Å². The van der Waals surface area contributed by atoms with Crippen LogP contribution >= 0.6 is 0 Å². The van der Waals surface area contributed by atoms with Crippen molar-refractivity contribution >= 4 is 32.5 Å². The van der Waals surface area contributed by atoms with Gasteiger partial charge in [-0.3, -0.25) is 9.78 Å². The molecule has 3 N–H and O–H groups in total. The van der Waals surface area contributed by atoms with Crippen molar-refractivity contribution in [2.24, 2.45) is 0 Å². The average molecular weight is 376 g/mol. The molecular weight excluding hydrogens is 359 g/mol. The number of carbonyl (C=O) groups is 1. The Morgan fingerprint density at radius 3 is 2.65 bits per heavy atom. The highest BCUT2D eigenvalue weighted by Gasteiger charge is 2.14. The molecular formula is C17H17FN4O3S. The second kappa shape index (κ2) is 7.22. The number of anilines is 1. The number of H-pyrrole nitrogens is 1. The number of nitrogens with zero attached hydrogens (tertiary/aromatic N) is 1. The van der Waals surface area contributed by atoms with Gasteiger partial charge in [0.25, 0.3) is 0 Å². The maximum Gasteiger partial charge on any atom is 0.228 e. The summed E-state index contributed by atoms with van der Waals surface area (Å²) in [7, 11) is -3.37. The van der Waals surface area contributed by atoms with Gasteiger partial charge < -0.3 is 10.3 Å². The molecule has 26 heavy (non-hydrogen) atoms. The molecule has 2 aromatic heterocycles. The van der Waals surface area contributed by atoms with Gasteiger partial charge in [-0.25, -0.2) is 17.5 Å². The normalized spacial score (nSPS) is 11.6. The molecule has 9 heteroatoms. The fraction of sp³-hybridized carbons (Fsp3) is 0.176. The predicted octanol–water partition coefficient (Wildman–Crippen LogP) is 1.93. The lowest BCUT2D eigenvalue weighted by Crippen LogP contribution is -2.21. The lowest BCUT2D eigenvalue weighted by Gasteiger charge is -2.07. The van der Waals surface area contributed by atoms with Crippen LogP contribution in [0.3, 0.4) is 0 Å². The Morgan fingerprint density at radius 2 is 1.96 bits per heavy atom. The quantitative estimate of drug-likeness (QED) is 0.611. The first-order valence-electron chi connectivity index (χ1n) is 7.75. The average Bonchev–Trinajstić information content (AvgIpc) is 2.96. The molecule has 0 fully saturated rings. The van der Waals surface area contributed by atoms with Gasteiger partial charge >= 0.3 is 0 Å². The molecule has 1 aromatic carbocycles. The van der Waals surface area contributed by atoms with E-state index in [0.29, 0.717) is 27.7 Å². The summed E-state index contributed by atoms with van der Waals surface area (Å²) in [5, 5.41) is 3.25. The number of aromatic nitrogens is 2. The van der Waals surface area contributed by atoms with Crippen LogP contribution in [0.25, 0.3) is 10.9 Å². The molecule has 0 radical (unpaired) electrons. The van der Waals surface area contributed by atoms with Crippen LogP contribution in [0.2, 0.25) is 0 Å². The van der Waals surface area contributed by atoms with Crippen molar-refractivity contribution in [1.82, 2.24) is 14.7 Å². The smallest absolute Gasteiger partial charge is 0.228 e. The number of hydrogen-bond acceptors (Lipinski definition) is 4. The third kappa shape index (κ3) is 4.44. The molecule has 3 rings (SSSR count). The zero-order valence-electron chi connectivity index (χ0n) is 13.9. The molecule has 3 aromatic rings. The summed E-state index contributed by atoms with van der Waals surface area (Å²) in [5.74, 6) is -0.794. The Labute approximate surface area is 149 Å². The van der Waals surface area contributed by atoms with Crippen LogP contribution in [-0.2, 0) is 27.8 Å². The predicted molar refractivity (Wildman–Crippen MR) is 96.5 cm³/mol. The molecule has 7 nitrogen and oxygen atoms in total. The maximum atomic E-state index is 14.0. The van der Waals surface area contributed by atoms with Gasteiger partial charge in [0.1, 0.15) is 5.82 Å². The SMILES string of the molecule is CS(=O)(=O)NCc1c[nH]c2c(CC(=O)Nc3ccncc3)cc(F)cc12. The molecule has 136 valence electrons. The van der Waals surface area contributed by atoms with Gasteiger partial charge in [-0.2, -0.15) is 0 Å². The molecule has 0 saturated heterocycles. The minimum absolute atomic E-state index is 0.0317. The second-order valence-electron chi connectivity index (χ2n) is 5.86. The Hall–Kier alpha value is -2.78. The number of carbonyl (C=O) groups excluding carboxylic acids is 1. The Balaban J connectivity index is 1.84. The number of nitrogens with one attached hydrogen (secondary N) is 3. The maximum absolute atomic E-state index is 14.0. The number of rotatable bonds is 6. The fourth-order valence-corrected chi connectivity index (χ4v) is 3.05. The highest BCUT2D eigenvalue weighted by molar-refractivity contribution is 7.88. The molecule has 0 bridgehead atoms. The van der Waals surface area contributed by atoms with Crippen LogP contribution in [0.4, 0.5) is 10.1 Å². The standard InChI is InChI=1S/C17H17FN4O3S/c1-26(24,25)21-10-12-9-20-17-11(6-13(18)8-15(12)17)7-16(23)22-14-2-4-19-5-3-14/h2-6,8-9,20-21H,7,10H2,1H3,(H,19,22,23). The van der Waals surface area contributed by atoms with Crippen molar-refractivity contribution in [3.8, 4) is 0 Å². The van der Waals surface area contributed by atoms with E-state index in [-0.39, 0.29) is 18.9 Å². The van der Waals surface area contributed by atoms with Crippen LogP contribution in [0.1, 0.15) is 11.1 Å².